The maximum atomic E-state index is 13.4. The van der Waals surface area contributed by atoms with E-state index in [2.05, 4.69) is 5.32 Å². The summed E-state index contributed by atoms with van der Waals surface area (Å²) in [6, 6.07) is 14.9. The molecular formula is C23H19ClN2O2S. The molecule has 4 rings (SSSR count). The smallest absolute Gasteiger partial charge is 0.282 e. The van der Waals surface area contributed by atoms with Crippen molar-refractivity contribution >= 4 is 51.7 Å². The van der Waals surface area contributed by atoms with Crippen molar-refractivity contribution in [1.29, 1.82) is 0 Å². The average molecular weight is 423 g/mol. The van der Waals surface area contributed by atoms with E-state index < -0.39 is 0 Å². The summed E-state index contributed by atoms with van der Waals surface area (Å²) >= 11 is 7.58. The van der Waals surface area contributed by atoms with Crippen LogP contribution in [-0.4, -0.2) is 11.8 Å². The Morgan fingerprint density at radius 2 is 1.72 bits per heavy atom. The van der Waals surface area contributed by atoms with E-state index in [1.54, 1.807) is 18.2 Å². The molecule has 6 heteroatoms. The third-order valence-corrected chi connectivity index (χ3v) is 6.03. The standard InChI is InChI=1S/C23H19ClN2O2S/c1-13-6-9-17(15(3)11-13)25-21-20(19-5-4-10-29-19)22(27)26(23(21)28)18-12-16(24)8-7-14(18)2/h4-12,25H,1-3H3. The van der Waals surface area contributed by atoms with E-state index in [9.17, 15) is 9.59 Å². The average Bonchev–Trinajstić information content (AvgIpc) is 3.27. The molecule has 0 bridgehead atoms. The molecule has 146 valence electrons. The van der Waals surface area contributed by atoms with Gasteiger partial charge in [0.25, 0.3) is 11.8 Å². The van der Waals surface area contributed by atoms with Gasteiger partial charge < -0.3 is 5.32 Å². The van der Waals surface area contributed by atoms with Crippen LogP contribution < -0.4 is 10.2 Å². The zero-order valence-electron chi connectivity index (χ0n) is 16.2. The van der Waals surface area contributed by atoms with E-state index in [4.69, 9.17) is 11.6 Å². The van der Waals surface area contributed by atoms with Crippen molar-refractivity contribution in [2.75, 3.05) is 10.2 Å². The number of anilines is 2. The summed E-state index contributed by atoms with van der Waals surface area (Å²) in [6.07, 6.45) is 0. The highest BCUT2D eigenvalue weighted by Gasteiger charge is 2.41. The molecule has 29 heavy (non-hydrogen) atoms. The number of hydrogen-bond acceptors (Lipinski definition) is 4. The minimum absolute atomic E-state index is 0.281. The zero-order valence-corrected chi connectivity index (χ0v) is 17.8. The number of nitrogens with one attached hydrogen (secondary N) is 1. The first-order chi connectivity index (χ1) is 13.9. The Morgan fingerprint density at radius 3 is 2.41 bits per heavy atom. The van der Waals surface area contributed by atoms with Crippen molar-refractivity contribution in [3.8, 4) is 0 Å². The number of nitrogens with zero attached hydrogens (tertiary/aromatic N) is 1. The van der Waals surface area contributed by atoms with Gasteiger partial charge in [-0.3, -0.25) is 9.59 Å². The molecular weight excluding hydrogens is 404 g/mol. The van der Waals surface area contributed by atoms with Gasteiger partial charge in [0.15, 0.2) is 0 Å². The molecule has 1 aliphatic rings. The molecule has 4 nitrogen and oxygen atoms in total. The number of carbonyl (C=O) groups excluding carboxylic acids is 2. The molecule has 0 saturated carbocycles. The molecule has 1 N–H and O–H groups in total. The Kier molecular flexibility index (Phi) is 5.03. The van der Waals surface area contributed by atoms with Gasteiger partial charge in [0.05, 0.1) is 11.3 Å². The maximum absolute atomic E-state index is 13.4. The number of benzene rings is 2. The van der Waals surface area contributed by atoms with E-state index in [1.165, 1.54) is 16.2 Å². The van der Waals surface area contributed by atoms with Crippen molar-refractivity contribution in [3.63, 3.8) is 0 Å². The van der Waals surface area contributed by atoms with Gasteiger partial charge in [-0.2, -0.15) is 0 Å². The number of aryl methyl sites for hydroxylation is 3. The summed E-state index contributed by atoms with van der Waals surface area (Å²) in [5.41, 5.74) is 4.89. The zero-order chi connectivity index (χ0) is 20.7. The van der Waals surface area contributed by atoms with Gasteiger partial charge in [0.1, 0.15) is 5.70 Å². The molecule has 0 radical (unpaired) electrons. The molecule has 1 aromatic heterocycles. The second kappa shape index (κ2) is 7.50. The monoisotopic (exact) mass is 422 g/mol. The third-order valence-electron chi connectivity index (χ3n) is 4.91. The van der Waals surface area contributed by atoms with Gasteiger partial charge >= 0.3 is 0 Å². The lowest BCUT2D eigenvalue weighted by molar-refractivity contribution is -0.120. The van der Waals surface area contributed by atoms with Crippen LogP contribution in [0.4, 0.5) is 11.4 Å². The number of carbonyl (C=O) groups is 2. The second-order valence-corrected chi connectivity index (χ2v) is 8.43. The molecule has 2 aromatic carbocycles. The second-order valence-electron chi connectivity index (χ2n) is 7.05. The van der Waals surface area contributed by atoms with Crippen molar-refractivity contribution in [2.45, 2.75) is 20.8 Å². The number of amides is 2. The van der Waals surface area contributed by atoms with Crippen LogP contribution in [0.25, 0.3) is 5.57 Å². The van der Waals surface area contributed by atoms with Gasteiger partial charge in [0.2, 0.25) is 0 Å². The van der Waals surface area contributed by atoms with Crippen LogP contribution in [0.2, 0.25) is 5.02 Å². The minimum Gasteiger partial charge on any atom is -0.350 e. The lowest BCUT2D eigenvalue weighted by atomic mass is 10.1. The van der Waals surface area contributed by atoms with Crippen LogP contribution in [-0.2, 0) is 9.59 Å². The first kappa shape index (κ1) is 19.4. The summed E-state index contributed by atoms with van der Waals surface area (Å²) in [6.45, 7) is 5.84. The fourth-order valence-electron chi connectivity index (χ4n) is 3.43. The largest absolute Gasteiger partial charge is 0.350 e. The summed E-state index contributed by atoms with van der Waals surface area (Å²) < 4.78 is 0. The van der Waals surface area contributed by atoms with Crippen LogP contribution in [0.1, 0.15) is 21.6 Å². The third kappa shape index (κ3) is 3.48. The molecule has 0 aliphatic carbocycles. The molecule has 0 fully saturated rings. The van der Waals surface area contributed by atoms with E-state index in [0.717, 1.165) is 27.3 Å². The summed E-state index contributed by atoms with van der Waals surface area (Å²) in [4.78, 5) is 28.8. The molecule has 2 amide bonds. The van der Waals surface area contributed by atoms with Crippen LogP contribution >= 0.6 is 22.9 Å². The lowest BCUT2D eigenvalue weighted by Gasteiger charge is -2.18. The molecule has 0 atom stereocenters. The number of rotatable bonds is 4. The first-order valence-corrected chi connectivity index (χ1v) is 10.4. The van der Waals surface area contributed by atoms with Gasteiger partial charge in [-0.25, -0.2) is 4.90 Å². The topological polar surface area (TPSA) is 49.4 Å². The number of halogens is 1. The van der Waals surface area contributed by atoms with Crippen molar-refractivity contribution < 1.29 is 9.59 Å². The number of imide groups is 1. The highest BCUT2D eigenvalue weighted by atomic mass is 35.5. The van der Waals surface area contributed by atoms with Crippen molar-refractivity contribution in [1.82, 2.24) is 0 Å². The van der Waals surface area contributed by atoms with Gasteiger partial charge in [-0.15, -0.1) is 11.3 Å². The maximum Gasteiger partial charge on any atom is 0.282 e. The Bertz CT molecular complexity index is 1170. The van der Waals surface area contributed by atoms with Crippen molar-refractivity contribution in [2.24, 2.45) is 0 Å². The molecule has 1 aliphatic heterocycles. The Labute approximate surface area is 178 Å². The molecule has 2 heterocycles. The Morgan fingerprint density at radius 1 is 0.931 bits per heavy atom. The van der Waals surface area contributed by atoms with Gasteiger partial charge in [-0.05, 0) is 61.5 Å². The molecule has 0 spiro atoms. The van der Waals surface area contributed by atoms with Crippen LogP contribution in [0.3, 0.4) is 0 Å². The van der Waals surface area contributed by atoms with E-state index >= 15 is 0 Å². The van der Waals surface area contributed by atoms with Crippen LogP contribution in [0.15, 0.2) is 59.6 Å². The van der Waals surface area contributed by atoms with E-state index in [-0.39, 0.29) is 17.5 Å². The first-order valence-electron chi connectivity index (χ1n) is 9.14. The Hall–Kier alpha value is -2.89. The van der Waals surface area contributed by atoms with E-state index in [1.807, 2.05) is 56.5 Å². The SMILES string of the molecule is Cc1ccc(NC2=C(c3cccs3)C(=O)N(c3cc(Cl)ccc3C)C2=O)c(C)c1. The lowest BCUT2D eigenvalue weighted by Crippen LogP contribution is -2.33. The minimum atomic E-state index is -0.385. The Balaban J connectivity index is 1.84. The fourth-order valence-corrected chi connectivity index (χ4v) is 4.36. The summed E-state index contributed by atoms with van der Waals surface area (Å²) in [5, 5.41) is 5.59. The van der Waals surface area contributed by atoms with Crippen molar-refractivity contribution in [3.05, 3.63) is 86.2 Å². The van der Waals surface area contributed by atoms with Crippen LogP contribution in [0.5, 0.6) is 0 Å². The summed E-state index contributed by atoms with van der Waals surface area (Å²) in [5.74, 6) is -0.737. The normalized spacial score (nSPS) is 14.1. The summed E-state index contributed by atoms with van der Waals surface area (Å²) in [7, 11) is 0. The predicted molar refractivity (Wildman–Crippen MR) is 119 cm³/mol. The van der Waals surface area contributed by atoms with E-state index in [0.29, 0.717) is 16.3 Å². The fraction of sp³-hybridized carbons (Fsp3) is 0.130. The van der Waals surface area contributed by atoms with Gasteiger partial charge in [-0.1, -0.05) is 41.4 Å². The quantitative estimate of drug-likeness (QED) is 0.547. The highest BCUT2D eigenvalue weighted by Crippen LogP contribution is 2.37. The highest BCUT2D eigenvalue weighted by molar-refractivity contribution is 7.11. The number of thiophene rings is 1. The number of hydrogen-bond donors (Lipinski definition) is 1. The molecule has 0 unspecified atom stereocenters. The molecule has 3 aromatic rings. The molecule has 0 saturated heterocycles. The van der Waals surface area contributed by atoms with Crippen LogP contribution in [0, 0.1) is 20.8 Å². The predicted octanol–water partition coefficient (Wildman–Crippen LogP) is 5.72. The van der Waals surface area contributed by atoms with Gasteiger partial charge in [0, 0.05) is 15.6 Å².